The molecule has 7 rings (SSSR count). The predicted molar refractivity (Wildman–Crippen MR) is 122 cm³/mol. The molecule has 10 nitrogen and oxygen atoms in total. The zero-order chi connectivity index (χ0) is 24.9. The zero-order valence-corrected chi connectivity index (χ0v) is 19.9. The summed E-state index contributed by atoms with van der Waals surface area (Å²) in [4.78, 5) is 13.2. The fraction of sp³-hybridized carbons (Fsp3) is 0.500. The molecular weight excluding hydrogens is 470 g/mol. The Morgan fingerprint density at radius 2 is 1.94 bits per heavy atom. The average Bonchev–Trinajstić information content (AvgIpc) is 3.59. The topological polar surface area (TPSA) is 125 Å². The highest BCUT2D eigenvalue weighted by Crippen LogP contribution is 2.70. The number of nitrogens with one attached hydrogen (secondary N) is 1. The Morgan fingerprint density at radius 3 is 2.72 bits per heavy atom. The van der Waals surface area contributed by atoms with Crippen molar-refractivity contribution in [3.05, 3.63) is 47.0 Å². The van der Waals surface area contributed by atoms with E-state index in [9.17, 15) is 15.0 Å². The maximum atomic E-state index is 13.2. The van der Waals surface area contributed by atoms with E-state index in [-0.39, 0.29) is 30.0 Å². The summed E-state index contributed by atoms with van der Waals surface area (Å²) in [6.07, 6.45) is -0.771. The number of rotatable bonds is 4. The number of aliphatic hydroxyl groups excluding tert-OH is 1. The number of aromatic hydroxyl groups is 1. The van der Waals surface area contributed by atoms with E-state index in [1.54, 1.807) is 0 Å². The molecule has 6 atom stereocenters. The van der Waals surface area contributed by atoms with Crippen molar-refractivity contribution in [3.63, 3.8) is 0 Å². The molecule has 3 N–H and O–H groups in total. The largest absolute Gasteiger partial charge is 0.504 e. The molecule has 3 heterocycles. The standard InChI is InChI=1S/C26H27NO9/c1-31-17-7-13(3-4-16(17)28)23(30)35-21-10-24-5-6-27-25(24)11-20(36-26(25,32-2)22(21)29)14-8-18-19(9-15(14)24)34-12-33-18/h3-4,7-9,20-22,27-29H,5-6,10-12H2,1-2H3/t20-,21-,22-,24-,25-,26?/m0/s1. The highest BCUT2D eigenvalue weighted by molar-refractivity contribution is 5.90. The summed E-state index contributed by atoms with van der Waals surface area (Å²) < 4.78 is 35.1. The Kier molecular flexibility index (Phi) is 4.47. The monoisotopic (exact) mass is 497 g/mol. The van der Waals surface area contributed by atoms with Crippen molar-refractivity contribution in [1.29, 1.82) is 0 Å². The molecule has 1 unspecified atom stereocenters. The maximum Gasteiger partial charge on any atom is 0.338 e. The number of phenolic OH excluding ortho intramolecular Hbond substituents is 1. The first kappa shape index (κ1) is 22.2. The van der Waals surface area contributed by atoms with Gasteiger partial charge >= 0.3 is 5.97 Å². The first-order chi connectivity index (χ1) is 17.4. The van der Waals surface area contributed by atoms with Crippen molar-refractivity contribution in [3.8, 4) is 23.0 Å². The van der Waals surface area contributed by atoms with Gasteiger partial charge in [-0.2, -0.15) is 0 Å². The van der Waals surface area contributed by atoms with E-state index in [1.165, 1.54) is 32.4 Å². The van der Waals surface area contributed by atoms with Crippen LogP contribution in [0.5, 0.6) is 23.0 Å². The highest BCUT2D eigenvalue weighted by atomic mass is 16.7. The van der Waals surface area contributed by atoms with Gasteiger partial charge in [0.05, 0.1) is 24.3 Å². The van der Waals surface area contributed by atoms with Crippen LogP contribution in [0.25, 0.3) is 0 Å². The van der Waals surface area contributed by atoms with Gasteiger partial charge in [-0.05, 0) is 60.8 Å². The summed E-state index contributed by atoms with van der Waals surface area (Å²) in [5, 5.41) is 25.2. The Hall–Kier alpha value is -3.05. The van der Waals surface area contributed by atoms with Crippen LogP contribution in [0.15, 0.2) is 30.3 Å². The molecule has 5 aliphatic rings. The molecule has 2 aromatic rings. The second-order valence-corrected chi connectivity index (χ2v) is 10.1. The lowest BCUT2D eigenvalue weighted by Gasteiger charge is -2.59. The van der Waals surface area contributed by atoms with Crippen LogP contribution < -0.4 is 19.5 Å². The molecule has 190 valence electrons. The van der Waals surface area contributed by atoms with E-state index in [4.69, 9.17) is 28.4 Å². The van der Waals surface area contributed by atoms with Crippen molar-refractivity contribution in [2.45, 2.75) is 54.3 Å². The normalized spacial score (nSPS) is 36.8. The van der Waals surface area contributed by atoms with E-state index in [0.29, 0.717) is 30.9 Å². The van der Waals surface area contributed by atoms with Gasteiger partial charge in [-0.1, -0.05) is 0 Å². The van der Waals surface area contributed by atoms with E-state index >= 15 is 0 Å². The SMILES string of the molecule is COc1cc(C(=O)O[C@H]2C[C@]34CCN[C@@]35C[C@H](OC5(OC)[C@H]2O)c2cc3c(cc24)OCO3)ccc1O. The molecule has 10 heteroatoms. The Balaban J connectivity index is 1.33. The number of hydrogen-bond acceptors (Lipinski definition) is 10. The van der Waals surface area contributed by atoms with Crippen molar-refractivity contribution in [2.24, 2.45) is 0 Å². The lowest BCUT2D eigenvalue weighted by molar-refractivity contribution is -0.322. The molecule has 0 aromatic heterocycles. The maximum absolute atomic E-state index is 13.2. The molecular formula is C26H27NO9. The highest BCUT2D eigenvalue weighted by Gasteiger charge is 2.81. The minimum Gasteiger partial charge on any atom is -0.504 e. The summed E-state index contributed by atoms with van der Waals surface area (Å²) >= 11 is 0. The van der Waals surface area contributed by atoms with Crippen molar-refractivity contribution >= 4 is 5.97 Å². The summed E-state index contributed by atoms with van der Waals surface area (Å²) in [5.41, 5.74) is 0.988. The van der Waals surface area contributed by atoms with Gasteiger partial charge in [0.25, 0.3) is 0 Å². The Morgan fingerprint density at radius 1 is 1.14 bits per heavy atom. The molecule has 1 spiro atoms. The number of phenols is 1. The van der Waals surface area contributed by atoms with Crippen LogP contribution >= 0.6 is 0 Å². The van der Waals surface area contributed by atoms with Gasteiger partial charge in [0.2, 0.25) is 12.6 Å². The number of ether oxygens (including phenoxy) is 6. The van der Waals surface area contributed by atoms with Gasteiger partial charge in [-0.15, -0.1) is 0 Å². The molecule has 3 fully saturated rings. The van der Waals surface area contributed by atoms with Crippen molar-refractivity contribution in [1.82, 2.24) is 5.32 Å². The van der Waals surface area contributed by atoms with Crippen LogP contribution in [0.2, 0.25) is 0 Å². The Bertz CT molecular complexity index is 1280. The van der Waals surface area contributed by atoms with E-state index < -0.39 is 34.9 Å². The molecule has 3 aliphatic heterocycles. The first-order valence-electron chi connectivity index (χ1n) is 12.1. The number of fused-ring (bicyclic) bond motifs is 4. The number of carbonyl (C=O) groups is 1. The van der Waals surface area contributed by atoms with Gasteiger partial charge in [-0.3, -0.25) is 0 Å². The molecule has 0 radical (unpaired) electrons. The molecule has 1 saturated carbocycles. The van der Waals surface area contributed by atoms with Crippen LogP contribution in [0.1, 0.15) is 46.9 Å². The summed E-state index contributed by atoms with van der Waals surface area (Å²) in [6, 6.07) is 8.22. The number of benzene rings is 2. The zero-order valence-electron chi connectivity index (χ0n) is 19.9. The lowest BCUT2D eigenvalue weighted by Crippen LogP contribution is -2.77. The first-order valence-corrected chi connectivity index (χ1v) is 12.1. The smallest absolute Gasteiger partial charge is 0.338 e. The second kappa shape index (κ2) is 7.25. The quantitative estimate of drug-likeness (QED) is 0.540. The molecule has 2 saturated heterocycles. The van der Waals surface area contributed by atoms with Crippen molar-refractivity contribution < 1.29 is 43.4 Å². The average molecular weight is 498 g/mol. The van der Waals surface area contributed by atoms with Crippen LogP contribution in [0, 0.1) is 0 Å². The summed E-state index contributed by atoms with van der Waals surface area (Å²) in [5.74, 6) is -0.665. The summed E-state index contributed by atoms with van der Waals surface area (Å²) in [7, 11) is 2.93. The number of hydrogen-bond donors (Lipinski definition) is 3. The van der Waals surface area contributed by atoms with Gasteiger partial charge in [0, 0.05) is 18.9 Å². The molecule has 2 bridgehead atoms. The van der Waals surface area contributed by atoms with E-state index in [1.807, 2.05) is 12.1 Å². The minimum atomic E-state index is -1.44. The molecule has 0 amide bonds. The molecule has 36 heavy (non-hydrogen) atoms. The third kappa shape index (κ3) is 2.47. The van der Waals surface area contributed by atoms with Crippen LogP contribution in [0.3, 0.4) is 0 Å². The number of esters is 1. The van der Waals surface area contributed by atoms with Gasteiger partial charge in [-0.25, -0.2) is 4.79 Å². The van der Waals surface area contributed by atoms with Gasteiger partial charge in [0.1, 0.15) is 12.2 Å². The number of aliphatic hydroxyl groups is 1. The van der Waals surface area contributed by atoms with Crippen LogP contribution in [-0.2, 0) is 19.6 Å². The van der Waals surface area contributed by atoms with E-state index in [2.05, 4.69) is 5.32 Å². The molecule has 2 aliphatic carbocycles. The fourth-order valence-electron chi connectivity index (χ4n) is 7.41. The third-order valence-corrected chi connectivity index (χ3v) is 8.87. The van der Waals surface area contributed by atoms with Crippen LogP contribution in [-0.4, -0.2) is 67.3 Å². The van der Waals surface area contributed by atoms with E-state index in [0.717, 1.165) is 17.5 Å². The van der Waals surface area contributed by atoms with Crippen molar-refractivity contribution in [2.75, 3.05) is 27.6 Å². The Labute approximate surface area is 207 Å². The van der Waals surface area contributed by atoms with Gasteiger partial charge in [0.15, 0.2) is 23.0 Å². The lowest BCUT2D eigenvalue weighted by atomic mass is 9.51. The predicted octanol–water partition coefficient (Wildman–Crippen LogP) is 1.91. The van der Waals surface area contributed by atoms with Crippen LogP contribution in [0.4, 0.5) is 0 Å². The third-order valence-electron chi connectivity index (χ3n) is 8.87. The second-order valence-electron chi connectivity index (χ2n) is 10.1. The number of methoxy groups -OCH3 is 2. The fourth-order valence-corrected chi connectivity index (χ4v) is 7.41. The minimum absolute atomic E-state index is 0.0857. The number of carbonyl (C=O) groups excluding carboxylic acids is 1. The van der Waals surface area contributed by atoms with Gasteiger partial charge < -0.3 is 44.0 Å². The summed E-state index contributed by atoms with van der Waals surface area (Å²) in [6.45, 7) is 0.856. The molecule has 2 aromatic carbocycles.